The molecule has 1 rings (SSSR count). The number of hydrogen-bond acceptors (Lipinski definition) is 3. The Labute approximate surface area is 112 Å². The molecule has 0 heterocycles. The summed E-state index contributed by atoms with van der Waals surface area (Å²) >= 11 is 0. The van der Waals surface area contributed by atoms with Crippen LogP contribution in [0.2, 0.25) is 0 Å². The lowest BCUT2D eigenvalue weighted by Crippen LogP contribution is -2.46. The van der Waals surface area contributed by atoms with Gasteiger partial charge in [-0.3, -0.25) is 9.59 Å². The van der Waals surface area contributed by atoms with E-state index in [0.29, 0.717) is 11.3 Å². The number of hydrogen-bond donors (Lipinski definition) is 1. The highest BCUT2D eigenvalue weighted by Gasteiger charge is 2.30. The Hall–Kier alpha value is -2.04. The van der Waals surface area contributed by atoms with Crippen LogP contribution in [0.4, 0.5) is 0 Å². The normalized spacial score (nSPS) is 10.9. The molecule has 0 atom stereocenters. The zero-order valence-electron chi connectivity index (χ0n) is 11.6. The van der Waals surface area contributed by atoms with Crippen molar-refractivity contribution >= 4 is 11.9 Å². The monoisotopic (exact) mass is 265 g/mol. The first-order valence-electron chi connectivity index (χ1n) is 5.92. The van der Waals surface area contributed by atoms with Gasteiger partial charge in [0.15, 0.2) is 0 Å². The summed E-state index contributed by atoms with van der Waals surface area (Å²) in [6.07, 6.45) is -0.112. The number of carbonyl (C=O) groups excluding carboxylic acids is 1. The lowest BCUT2D eigenvalue weighted by molar-refractivity contribution is -0.139. The maximum Gasteiger partial charge on any atom is 0.305 e. The second-order valence-corrected chi connectivity index (χ2v) is 4.98. The molecule has 0 fully saturated rings. The summed E-state index contributed by atoms with van der Waals surface area (Å²) < 4.78 is 5.07. The number of methoxy groups -OCH3 is 1. The molecule has 0 aliphatic carbocycles. The Kier molecular flexibility index (Phi) is 4.53. The summed E-state index contributed by atoms with van der Waals surface area (Å²) in [5.74, 6) is -0.573. The standard InChI is InChI=1S/C14H19NO4/c1-14(2,9-12(16)17)15(3)13(18)10-6-5-7-11(8-10)19-4/h5-8H,9H2,1-4H3,(H,16,17). The third-order valence-electron chi connectivity index (χ3n) is 3.11. The van der Waals surface area contributed by atoms with Crippen molar-refractivity contribution in [2.75, 3.05) is 14.2 Å². The van der Waals surface area contributed by atoms with Crippen LogP contribution in [0.1, 0.15) is 30.6 Å². The number of ether oxygens (including phenoxy) is 1. The highest BCUT2D eigenvalue weighted by molar-refractivity contribution is 5.95. The summed E-state index contributed by atoms with van der Waals surface area (Å²) in [4.78, 5) is 24.6. The molecule has 19 heavy (non-hydrogen) atoms. The van der Waals surface area contributed by atoms with Crippen molar-refractivity contribution in [2.24, 2.45) is 0 Å². The van der Waals surface area contributed by atoms with E-state index in [1.54, 1.807) is 45.2 Å². The summed E-state index contributed by atoms with van der Waals surface area (Å²) in [7, 11) is 3.13. The Bertz CT molecular complexity index is 482. The van der Waals surface area contributed by atoms with Gasteiger partial charge in [0.05, 0.1) is 13.5 Å². The van der Waals surface area contributed by atoms with Crippen molar-refractivity contribution in [3.63, 3.8) is 0 Å². The van der Waals surface area contributed by atoms with E-state index in [4.69, 9.17) is 9.84 Å². The molecule has 5 nitrogen and oxygen atoms in total. The number of nitrogens with zero attached hydrogens (tertiary/aromatic N) is 1. The van der Waals surface area contributed by atoms with Crippen LogP contribution >= 0.6 is 0 Å². The van der Waals surface area contributed by atoms with Gasteiger partial charge in [-0.05, 0) is 32.0 Å². The van der Waals surface area contributed by atoms with Gasteiger partial charge in [-0.1, -0.05) is 6.07 Å². The van der Waals surface area contributed by atoms with Crippen LogP contribution in [0.15, 0.2) is 24.3 Å². The van der Waals surface area contributed by atoms with Crippen LogP contribution in [0.5, 0.6) is 5.75 Å². The Morgan fingerprint density at radius 2 is 2.00 bits per heavy atom. The first-order chi connectivity index (χ1) is 8.77. The molecule has 0 saturated heterocycles. The average molecular weight is 265 g/mol. The molecule has 1 amide bonds. The SMILES string of the molecule is COc1cccc(C(=O)N(C)C(C)(C)CC(=O)O)c1. The second kappa shape index (κ2) is 5.73. The smallest absolute Gasteiger partial charge is 0.305 e. The van der Waals surface area contributed by atoms with Gasteiger partial charge in [0.1, 0.15) is 5.75 Å². The number of benzene rings is 1. The van der Waals surface area contributed by atoms with Crippen LogP contribution in [0.25, 0.3) is 0 Å². The molecule has 0 bridgehead atoms. The number of carbonyl (C=O) groups is 2. The van der Waals surface area contributed by atoms with Crippen molar-refractivity contribution in [1.29, 1.82) is 0 Å². The molecular weight excluding hydrogens is 246 g/mol. The zero-order valence-corrected chi connectivity index (χ0v) is 11.6. The first kappa shape index (κ1) is 15.0. The number of carboxylic acid groups (broad SMARTS) is 1. The molecular formula is C14H19NO4. The van der Waals surface area contributed by atoms with E-state index < -0.39 is 11.5 Å². The number of aliphatic carboxylic acids is 1. The summed E-state index contributed by atoms with van der Waals surface area (Å²) in [5, 5.41) is 8.87. The fraction of sp³-hybridized carbons (Fsp3) is 0.429. The predicted octanol–water partition coefficient (Wildman–Crippen LogP) is 2.02. The van der Waals surface area contributed by atoms with Crippen LogP contribution in [0.3, 0.4) is 0 Å². The van der Waals surface area contributed by atoms with Crippen molar-refractivity contribution < 1.29 is 19.4 Å². The lowest BCUT2D eigenvalue weighted by atomic mass is 9.97. The molecule has 0 spiro atoms. The molecule has 0 saturated carbocycles. The highest BCUT2D eigenvalue weighted by Crippen LogP contribution is 2.21. The molecule has 1 aromatic rings. The van der Waals surface area contributed by atoms with Gasteiger partial charge in [0.25, 0.3) is 5.91 Å². The maximum atomic E-state index is 12.3. The van der Waals surface area contributed by atoms with Crippen LogP contribution in [-0.4, -0.2) is 41.6 Å². The number of carboxylic acids is 1. The molecule has 0 unspecified atom stereocenters. The molecule has 0 radical (unpaired) electrons. The largest absolute Gasteiger partial charge is 0.497 e. The first-order valence-corrected chi connectivity index (χ1v) is 5.92. The van der Waals surface area contributed by atoms with E-state index in [-0.39, 0.29) is 12.3 Å². The van der Waals surface area contributed by atoms with E-state index in [0.717, 1.165) is 0 Å². The van der Waals surface area contributed by atoms with Gasteiger partial charge in [0, 0.05) is 18.2 Å². The molecule has 1 aromatic carbocycles. The quantitative estimate of drug-likeness (QED) is 0.884. The van der Waals surface area contributed by atoms with Crippen molar-refractivity contribution in [3.8, 4) is 5.75 Å². The Morgan fingerprint density at radius 1 is 1.37 bits per heavy atom. The van der Waals surface area contributed by atoms with Gasteiger partial charge in [-0.2, -0.15) is 0 Å². The van der Waals surface area contributed by atoms with Crippen molar-refractivity contribution in [1.82, 2.24) is 4.90 Å². The molecule has 5 heteroatoms. The summed E-state index contributed by atoms with van der Waals surface area (Å²) in [6.45, 7) is 3.44. The molecule has 0 aliphatic rings. The van der Waals surface area contributed by atoms with Crippen LogP contribution < -0.4 is 4.74 Å². The summed E-state index contributed by atoms with van der Waals surface area (Å²) in [6, 6.07) is 6.79. The molecule has 0 aliphatic heterocycles. The lowest BCUT2D eigenvalue weighted by Gasteiger charge is -2.34. The minimum absolute atomic E-state index is 0.112. The van der Waals surface area contributed by atoms with Crippen LogP contribution in [-0.2, 0) is 4.79 Å². The van der Waals surface area contributed by atoms with Gasteiger partial charge >= 0.3 is 5.97 Å². The third-order valence-corrected chi connectivity index (χ3v) is 3.11. The molecule has 0 aromatic heterocycles. The topological polar surface area (TPSA) is 66.8 Å². The van der Waals surface area contributed by atoms with Gasteiger partial charge in [0.2, 0.25) is 0 Å². The fourth-order valence-corrected chi connectivity index (χ4v) is 1.71. The van der Waals surface area contributed by atoms with Gasteiger partial charge in [-0.25, -0.2) is 0 Å². The number of rotatable bonds is 5. The Balaban J connectivity index is 2.95. The van der Waals surface area contributed by atoms with Crippen LogP contribution in [0, 0.1) is 0 Å². The average Bonchev–Trinajstić information content (AvgIpc) is 2.35. The highest BCUT2D eigenvalue weighted by atomic mass is 16.5. The molecule has 1 N–H and O–H groups in total. The van der Waals surface area contributed by atoms with E-state index in [1.807, 2.05) is 0 Å². The fourth-order valence-electron chi connectivity index (χ4n) is 1.71. The number of amides is 1. The van der Waals surface area contributed by atoms with E-state index in [9.17, 15) is 9.59 Å². The minimum Gasteiger partial charge on any atom is -0.497 e. The Morgan fingerprint density at radius 3 is 2.53 bits per heavy atom. The predicted molar refractivity (Wildman–Crippen MR) is 71.4 cm³/mol. The third kappa shape index (κ3) is 3.71. The van der Waals surface area contributed by atoms with E-state index >= 15 is 0 Å². The second-order valence-electron chi connectivity index (χ2n) is 4.98. The minimum atomic E-state index is -0.935. The maximum absolute atomic E-state index is 12.3. The van der Waals surface area contributed by atoms with Gasteiger partial charge < -0.3 is 14.7 Å². The van der Waals surface area contributed by atoms with Crippen molar-refractivity contribution in [3.05, 3.63) is 29.8 Å². The zero-order chi connectivity index (χ0) is 14.6. The van der Waals surface area contributed by atoms with Crippen molar-refractivity contribution in [2.45, 2.75) is 25.8 Å². The van der Waals surface area contributed by atoms with Gasteiger partial charge in [-0.15, -0.1) is 0 Å². The van der Waals surface area contributed by atoms with E-state index in [1.165, 1.54) is 12.0 Å². The van der Waals surface area contributed by atoms with E-state index in [2.05, 4.69) is 0 Å². The summed E-state index contributed by atoms with van der Waals surface area (Å²) in [5.41, 5.74) is -0.285. The molecule has 104 valence electrons.